The van der Waals surface area contributed by atoms with Crippen LogP contribution in [0.4, 0.5) is 0 Å². The smallest absolute Gasteiger partial charge is 0.125 e. The van der Waals surface area contributed by atoms with Crippen LogP contribution in [0.25, 0.3) is 0 Å². The molecular formula is C14H21ClN2O. The minimum Gasteiger partial charge on any atom is -0.493 e. The maximum atomic E-state index is 6.17. The number of hydrogen-bond donors (Lipinski definition) is 1. The molecule has 0 bridgehead atoms. The first kappa shape index (κ1) is 13.7. The molecule has 1 unspecified atom stereocenters. The quantitative estimate of drug-likeness (QED) is 0.884. The number of fused-ring (bicyclic) bond motifs is 1. The number of hydrogen-bond acceptors (Lipinski definition) is 3. The summed E-state index contributed by atoms with van der Waals surface area (Å²) < 4.78 is 5.73. The summed E-state index contributed by atoms with van der Waals surface area (Å²) >= 11 is 6.17. The molecule has 1 aromatic rings. The molecule has 1 N–H and O–H groups in total. The van der Waals surface area contributed by atoms with E-state index in [0.29, 0.717) is 6.04 Å². The Morgan fingerprint density at radius 3 is 2.89 bits per heavy atom. The lowest BCUT2D eigenvalue weighted by Crippen LogP contribution is -2.37. The van der Waals surface area contributed by atoms with Crippen LogP contribution in [0.1, 0.15) is 11.1 Å². The zero-order chi connectivity index (χ0) is 13.1. The highest BCUT2D eigenvalue weighted by atomic mass is 35.5. The third-order valence-corrected chi connectivity index (χ3v) is 3.50. The zero-order valence-electron chi connectivity index (χ0n) is 11.3. The highest BCUT2D eigenvalue weighted by Gasteiger charge is 2.20. The molecule has 0 amide bonds. The van der Waals surface area contributed by atoms with Gasteiger partial charge in [0.2, 0.25) is 0 Å². The van der Waals surface area contributed by atoms with Crippen molar-refractivity contribution in [3.63, 3.8) is 0 Å². The highest BCUT2D eigenvalue weighted by Crippen LogP contribution is 2.33. The van der Waals surface area contributed by atoms with Gasteiger partial charge in [-0.25, -0.2) is 0 Å². The molecular weight excluding hydrogens is 248 g/mol. The molecule has 0 radical (unpaired) electrons. The molecule has 4 heteroatoms. The molecule has 1 heterocycles. The van der Waals surface area contributed by atoms with Crippen LogP contribution in [-0.2, 0) is 12.8 Å². The largest absolute Gasteiger partial charge is 0.493 e. The molecule has 100 valence electrons. The second-order valence-electron chi connectivity index (χ2n) is 5.10. The Hall–Kier alpha value is -0.770. The van der Waals surface area contributed by atoms with Crippen LogP contribution < -0.4 is 10.1 Å². The van der Waals surface area contributed by atoms with E-state index < -0.39 is 0 Å². The van der Waals surface area contributed by atoms with Gasteiger partial charge in [-0.05, 0) is 50.8 Å². The van der Waals surface area contributed by atoms with Gasteiger partial charge < -0.3 is 15.0 Å². The van der Waals surface area contributed by atoms with Crippen molar-refractivity contribution in [3.8, 4) is 5.75 Å². The number of likely N-dealkylation sites (N-methyl/N-ethyl adjacent to an activating group) is 2. The molecule has 3 nitrogen and oxygen atoms in total. The van der Waals surface area contributed by atoms with Gasteiger partial charge in [0, 0.05) is 24.0 Å². The van der Waals surface area contributed by atoms with Crippen LogP contribution in [0.5, 0.6) is 5.75 Å². The Balaban J connectivity index is 2.18. The Bertz CT molecular complexity index is 421. The van der Waals surface area contributed by atoms with Crippen molar-refractivity contribution in [1.82, 2.24) is 10.2 Å². The van der Waals surface area contributed by atoms with Gasteiger partial charge in [-0.15, -0.1) is 0 Å². The van der Waals surface area contributed by atoms with Gasteiger partial charge in [-0.3, -0.25) is 0 Å². The van der Waals surface area contributed by atoms with Gasteiger partial charge >= 0.3 is 0 Å². The standard InChI is InChI=1S/C14H21ClN2O/c1-16-13(9-17(2)3)8-11-7-12(15)6-10-4-5-18-14(10)11/h6-7,13,16H,4-5,8-9H2,1-3H3. The van der Waals surface area contributed by atoms with Crippen molar-refractivity contribution in [2.45, 2.75) is 18.9 Å². The number of nitrogens with zero attached hydrogens (tertiary/aromatic N) is 1. The molecule has 0 aliphatic carbocycles. The van der Waals surface area contributed by atoms with Crippen LogP contribution in [0.3, 0.4) is 0 Å². The summed E-state index contributed by atoms with van der Waals surface area (Å²) in [5.74, 6) is 1.05. The SMILES string of the molecule is CNC(Cc1cc(Cl)cc2c1OCC2)CN(C)C. The van der Waals surface area contributed by atoms with E-state index in [1.54, 1.807) is 0 Å². The second-order valence-corrected chi connectivity index (χ2v) is 5.54. The minimum absolute atomic E-state index is 0.409. The summed E-state index contributed by atoms with van der Waals surface area (Å²) in [6.45, 7) is 1.78. The van der Waals surface area contributed by atoms with E-state index in [4.69, 9.17) is 16.3 Å². The normalized spacial score (nSPS) is 15.6. The maximum Gasteiger partial charge on any atom is 0.125 e. The number of ether oxygens (including phenoxy) is 1. The summed E-state index contributed by atoms with van der Waals surface area (Å²) in [4.78, 5) is 2.19. The van der Waals surface area contributed by atoms with Crippen LogP contribution >= 0.6 is 11.6 Å². The Labute approximate surface area is 114 Å². The number of rotatable bonds is 5. The third kappa shape index (κ3) is 3.16. The summed E-state index contributed by atoms with van der Waals surface area (Å²) in [6, 6.07) is 4.46. The molecule has 18 heavy (non-hydrogen) atoms. The number of nitrogens with one attached hydrogen (secondary N) is 1. The maximum absolute atomic E-state index is 6.17. The molecule has 2 rings (SSSR count). The molecule has 1 aliphatic heterocycles. The molecule has 0 aromatic heterocycles. The monoisotopic (exact) mass is 268 g/mol. The van der Waals surface area contributed by atoms with E-state index in [1.165, 1.54) is 11.1 Å². The average Bonchev–Trinajstić information content (AvgIpc) is 2.75. The van der Waals surface area contributed by atoms with Gasteiger partial charge in [0.15, 0.2) is 0 Å². The Kier molecular flexibility index (Phi) is 4.49. The van der Waals surface area contributed by atoms with Crippen LogP contribution in [-0.4, -0.2) is 45.2 Å². The fraction of sp³-hybridized carbons (Fsp3) is 0.571. The average molecular weight is 269 g/mol. The van der Waals surface area contributed by atoms with E-state index >= 15 is 0 Å². The van der Waals surface area contributed by atoms with Gasteiger partial charge in [-0.1, -0.05) is 11.6 Å². The summed E-state index contributed by atoms with van der Waals surface area (Å²) in [6.07, 6.45) is 1.92. The van der Waals surface area contributed by atoms with Crippen molar-refractivity contribution in [2.24, 2.45) is 0 Å². The van der Waals surface area contributed by atoms with Crippen molar-refractivity contribution < 1.29 is 4.74 Å². The minimum atomic E-state index is 0.409. The van der Waals surface area contributed by atoms with Crippen LogP contribution in [0.2, 0.25) is 5.02 Å². The predicted octanol–water partition coefficient (Wildman–Crippen LogP) is 1.97. The van der Waals surface area contributed by atoms with Crippen molar-refractivity contribution in [2.75, 3.05) is 34.3 Å². The summed E-state index contributed by atoms with van der Waals surface area (Å²) in [5, 5.41) is 4.17. The van der Waals surface area contributed by atoms with Gasteiger partial charge in [0.05, 0.1) is 6.61 Å². The fourth-order valence-electron chi connectivity index (χ4n) is 2.46. The molecule has 0 fully saturated rings. The lowest BCUT2D eigenvalue weighted by molar-refractivity contribution is 0.335. The fourth-order valence-corrected chi connectivity index (χ4v) is 2.73. The highest BCUT2D eigenvalue weighted by molar-refractivity contribution is 6.30. The molecule has 1 atom stereocenters. The Morgan fingerprint density at radius 1 is 1.44 bits per heavy atom. The second kappa shape index (κ2) is 5.91. The first-order chi connectivity index (χ1) is 8.60. The molecule has 0 saturated heterocycles. The number of benzene rings is 1. The third-order valence-electron chi connectivity index (χ3n) is 3.29. The number of halogens is 1. The predicted molar refractivity (Wildman–Crippen MR) is 75.8 cm³/mol. The molecule has 1 aliphatic rings. The summed E-state index contributed by atoms with van der Waals surface area (Å²) in [7, 11) is 6.17. The lowest BCUT2D eigenvalue weighted by Gasteiger charge is -2.21. The van der Waals surface area contributed by atoms with Crippen LogP contribution in [0.15, 0.2) is 12.1 Å². The van der Waals surface area contributed by atoms with Gasteiger partial charge in [-0.2, -0.15) is 0 Å². The van der Waals surface area contributed by atoms with Gasteiger partial charge in [0.1, 0.15) is 5.75 Å². The van der Waals surface area contributed by atoms with E-state index in [9.17, 15) is 0 Å². The zero-order valence-corrected chi connectivity index (χ0v) is 12.0. The van der Waals surface area contributed by atoms with Crippen molar-refractivity contribution >= 4 is 11.6 Å². The first-order valence-corrected chi connectivity index (χ1v) is 6.74. The molecule has 1 aromatic carbocycles. The van der Waals surface area contributed by atoms with Crippen LogP contribution in [0, 0.1) is 0 Å². The van der Waals surface area contributed by atoms with E-state index in [1.807, 2.05) is 19.2 Å². The lowest BCUT2D eigenvalue weighted by atomic mass is 10.0. The van der Waals surface area contributed by atoms with Gasteiger partial charge in [0.25, 0.3) is 0 Å². The first-order valence-electron chi connectivity index (χ1n) is 6.36. The van der Waals surface area contributed by atoms with E-state index in [2.05, 4.69) is 24.3 Å². The molecule has 0 spiro atoms. The Morgan fingerprint density at radius 2 is 2.22 bits per heavy atom. The van der Waals surface area contributed by atoms with E-state index in [0.717, 1.165) is 36.8 Å². The van der Waals surface area contributed by atoms with Crippen molar-refractivity contribution in [3.05, 3.63) is 28.3 Å². The summed E-state index contributed by atoms with van der Waals surface area (Å²) in [5.41, 5.74) is 2.47. The molecule has 0 saturated carbocycles. The topological polar surface area (TPSA) is 24.5 Å². The van der Waals surface area contributed by atoms with Crippen molar-refractivity contribution in [1.29, 1.82) is 0 Å². The van der Waals surface area contributed by atoms with E-state index in [-0.39, 0.29) is 0 Å².